The molecule has 266 valence electrons. The van der Waals surface area contributed by atoms with Gasteiger partial charge in [-0.05, 0) is 70.6 Å². The number of ketones is 1. The molecule has 0 aromatic carbocycles. The number of hydrogen-bond acceptors (Lipinski definition) is 8. The number of hydrogen-bond donors (Lipinski definition) is 3. The van der Waals surface area contributed by atoms with E-state index in [1.165, 1.54) is 25.7 Å². The van der Waals surface area contributed by atoms with Gasteiger partial charge in [0.25, 0.3) is 5.91 Å². The van der Waals surface area contributed by atoms with Crippen LogP contribution in [0.3, 0.4) is 0 Å². The van der Waals surface area contributed by atoms with Crippen molar-refractivity contribution in [3.8, 4) is 0 Å². The number of carbonyl (C=O) groups excluding carboxylic acids is 3. The molecule has 5 N–H and O–H groups in total. The van der Waals surface area contributed by atoms with Crippen LogP contribution in [0.4, 0.5) is 9.18 Å². The minimum atomic E-state index is -1.32. The van der Waals surface area contributed by atoms with Gasteiger partial charge in [-0.15, -0.1) is 0 Å². The number of amides is 2. The van der Waals surface area contributed by atoms with E-state index in [9.17, 15) is 14.4 Å². The molecule has 0 spiro atoms. The van der Waals surface area contributed by atoms with E-state index in [1.807, 2.05) is 25.7 Å². The maximum atomic E-state index is 16.8. The first-order chi connectivity index (χ1) is 22.9. The van der Waals surface area contributed by atoms with Crippen LogP contribution in [0.1, 0.15) is 78.6 Å². The highest BCUT2D eigenvalue weighted by Crippen LogP contribution is 2.51. The number of piperidine rings is 1. The van der Waals surface area contributed by atoms with Crippen molar-refractivity contribution in [1.82, 2.24) is 20.0 Å². The van der Waals surface area contributed by atoms with Gasteiger partial charge in [-0.25, -0.2) is 9.18 Å². The molecule has 6 fully saturated rings. The lowest BCUT2D eigenvalue weighted by atomic mass is 9.64. The van der Waals surface area contributed by atoms with Crippen LogP contribution in [0, 0.1) is 23.7 Å². The van der Waals surface area contributed by atoms with Gasteiger partial charge in [0.15, 0.2) is 11.7 Å². The number of alkyl halides is 1. The summed E-state index contributed by atoms with van der Waals surface area (Å²) >= 11 is 0. The summed E-state index contributed by atoms with van der Waals surface area (Å²) in [6.45, 7) is 7.88. The summed E-state index contributed by atoms with van der Waals surface area (Å²) in [4.78, 5) is 51.0. The zero-order valence-corrected chi connectivity index (χ0v) is 28.7. The van der Waals surface area contributed by atoms with Crippen LogP contribution in [-0.2, 0) is 19.1 Å². The topological polar surface area (TPSA) is 156 Å². The van der Waals surface area contributed by atoms with Gasteiger partial charge in [-0.2, -0.15) is 0 Å². The van der Waals surface area contributed by atoms with Crippen molar-refractivity contribution in [2.24, 2.45) is 40.1 Å². The van der Waals surface area contributed by atoms with E-state index in [1.54, 1.807) is 6.20 Å². The van der Waals surface area contributed by atoms with Crippen LogP contribution in [0.15, 0.2) is 16.8 Å². The van der Waals surface area contributed by atoms with Crippen molar-refractivity contribution < 1.29 is 28.2 Å². The third-order valence-corrected chi connectivity index (χ3v) is 12.2. The maximum absolute atomic E-state index is 16.8. The number of nitrogens with zero attached hydrogens (tertiary/aromatic N) is 4. The predicted octanol–water partition coefficient (Wildman–Crippen LogP) is 2.31. The summed E-state index contributed by atoms with van der Waals surface area (Å²) in [7, 11) is 0. The molecule has 3 aliphatic carbocycles. The van der Waals surface area contributed by atoms with Crippen LogP contribution in [-0.4, -0.2) is 119 Å². The fourth-order valence-electron chi connectivity index (χ4n) is 10.3. The standard InChI is InChI=1S/C35H54FN7O5/c1-35(2,3)48-34(46)42-12-6-9-21-16-41(18-26(21)42)29-24(36)15-22-28-31(29)47-27-14-20-8-5-4-7-19(20)13-25(27)43(28)17-23(30(22)44)32(45)39-10-11-40-33(37)38/h17,19-22,24-29,31H,4-16,18H2,1-3H3,(H,39,45)(H4,37,38,40). The molecule has 7 aliphatic rings. The Labute approximate surface area is 283 Å². The highest BCUT2D eigenvalue weighted by molar-refractivity contribution is 6.20. The third kappa shape index (κ3) is 6.29. The Bertz CT molecular complexity index is 1330. The van der Waals surface area contributed by atoms with Crippen molar-refractivity contribution in [1.29, 1.82) is 0 Å². The quantitative estimate of drug-likeness (QED) is 0.173. The fourth-order valence-corrected chi connectivity index (χ4v) is 10.3. The molecule has 0 bridgehead atoms. The normalized spacial score (nSPS) is 39.3. The molecule has 4 heterocycles. The Balaban J connectivity index is 1.17. The molecule has 3 saturated heterocycles. The van der Waals surface area contributed by atoms with E-state index in [0.29, 0.717) is 31.5 Å². The van der Waals surface area contributed by atoms with Gasteiger partial charge in [-0.3, -0.25) is 19.5 Å². The first-order valence-corrected chi connectivity index (χ1v) is 18.3. The lowest BCUT2D eigenvalue weighted by Gasteiger charge is -2.61. The minimum Gasteiger partial charge on any atom is -0.444 e. The average molecular weight is 672 g/mol. The van der Waals surface area contributed by atoms with Crippen molar-refractivity contribution in [3.05, 3.63) is 11.8 Å². The summed E-state index contributed by atoms with van der Waals surface area (Å²) in [6, 6.07) is -0.906. The third-order valence-electron chi connectivity index (χ3n) is 12.2. The van der Waals surface area contributed by atoms with E-state index in [0.717, 1.165) is 25.7 Å². The molecule has 7 rings (SSSR count). The Morgan fingerprint density at radius 2 is 1.75 bits per heavy atom. The second kappa shape index (κ2) is 13.1. The molecular formula is C35H54FN7O5. The molecule has 12 nitrogen and oxygen atoms in total. The number of guanidine groups is 1. The molecule has 11 unspecified atom stereocenters. The zero-order chi connectivity index (χ0) is 33.9. The number of fused-ring (bicyclic) bond motifs is 4. The summed E-state index contributed by atoms with van der Waals surface area (Å²) in [5.41, 5.74) is 10.3. The van der Waals surface area contributed by atoms with E-state index in [4.69, 9.17) is 20.9 Å². The Kier molecular flexibility index (Phi) is 9.14. The van der Waals surface area contributed by atoms with Gasteiger partial charge in [0.05, 0.1) is 48.5 Å². The smallest absolute Gasteiger partial charge is 0.410 e. The summed E-state index contributed by atoms with van der Waals surface area (Å²) < 4.78 is 29.6. The van der Waals surface area contributed by atoms with Crippen molar-refractivity contribution in [3.63, 3.8) is 0 Å². The zero-order valence-electron chi connectivity index (χ0n) is 28.7. The molecule has 0 aromatic heterocycles. The molecule has 2 amide bonds. The molecule has 0 aromatic rings. The Morgan fingerprint density at radius 1 is 1.02 bits per heavy atom. The number of halogens is 1. The lowest BCUT2D eigenvalue weighted by molar-refractivity contribution is -0.220. The molecule has 48 heavy (non-hydrogen) atoms. The van der Waals surface area contributed by atoms with Gasteiger partial charge in [-0.1, -0.05) is 25.7 Å². The predicted molar refractivity (Wildman–Crippen MR) is 177 cm³/mol. The van der Waals surface area contributed by atoms with Gasteiger partial charge >= 0.3 is 6.09 Å². The number of ether oxygens (including phenoxy) is 2. The van der Waals surface area contributed by atoms with E-state index in [2.05, 4.69) is 20.1 Å². The number of likely N-dealkylation sites (tertiary alicyclic amines) is 2. The van der Waals surface area contributed by atoms with Crippen LogP contribution in [0.2, 0.25) is 0 Å². The van der Waals surface area contributed by atoms with Crippen molar-refractivity contribution in [2.45, 2.75) is 127 Å². The van der Waals surface area contributed by atoms with E-state index >= 15 is 4.39 Å². The fraction of sp³-hybridized carbons (Fsp3) is 0.829. The molecule has 0 radical (unpaired) electrons. The minimum absolute atomic E-state index is 0.0336. The molecule has 3 saturated carbocycles. The lowest BCUT2D eigenvalue weighted by Crippen LogP contribution is -2.73. The summed E-state index contributed by atoms with van der Waals surface area (Å²) in [5, 5.41) is 2.80. The van der Waals surface area contributed by atoms with Crippen LogP contribution < -0.4 is 16.8 Å². The molecule has 13 heteroatoms. The number of rotatable bonds is 5. The second-order valence-corrected chi connectivity index (χ2v) is 16.3. The highest BCUT2D eigenvalue weighted by atomic mass is 19.1. The largest absolute Gasteiger partial charge is 0.444 e. The number of nitrogens with two attached hydrogens (primary N) is 2. The van der Waals surface area contributed by atoms with Crippen molar-refractivity contribution in [2.75, 3.05) is 32.7 Å². The Morgan fingerprint density at radius 3 is 2.48 bits per heavy atom. The van der Waals surface area contributed by atoms with Crippen LogP contribution in [0.25, 0.3) is 0 Å². The number of carbonyl (C=O) groups is 3. The number of aliphatic imine (C=N–C) groups is 1. The molecular weight excluding hydrogens is 617 g/mol. The van der Waals surface area contributed by atoms with Gasteiger partial charge in [0.1, 0.15) is 11.8 Å². The first-order valence-electron chi connectivity index (χ1n) is 18.3. The monoisotopic (exact) mass is 671 g/mol. The first kappa shape index (κ1) is 33.6. The van der Waals surface area contributed by atoms with Crippen LogP contribution in [0.5, 0.6) is 0 Å². The summed E-state index contributed by atoms with van der Waals surface area (Å²) in [5.74, 6) is -0.137. The Hall–Kier alpha value is -2.93. The second-order valence-electron chi connectivity index (χ2n) is 16.3. The SMILES string of the molecule is CC(C)(C)OC(=O)N1CCCC2CN(C3C(F)CC4C(=O)C(C(=O)NCCN=C(N)N)=CN5C6CC7CCCCC7CC6OC3C45)CC21. The maximum Gasteiger partial charge on any atom is 0.410 e. The highest BCUT2D eigenvalue weighted by Gasteiger charge is 2.61. The molecule has 11 atom stereocenters. The van der Waals surface area contributed by atoms with Crippen molar-refractivity contribution >= 4 is 23.7 Å². The van der Waals surface area contributed by atoms with E-state index < -0.39 is 35.7 Å². The van der Waals surface area contributed by atoms with Gasteiger partial charge in [0.2, 0.25) is 0 Å². The van der Waals surface area contributed by atoms with Crippen LogP contribution >= 0.6 is 0 Å². The number of nitrogens with one attached hydrogen (secondary N) is 1. The van der Waals surface area contributed by atoms with Gasteiger partial charge in [0, 0.05) is 38.3 Å². The number of Topliss-reactive ketones (excluding diaryl/α,β-unsaturated/α-hetero) is 1. The van der Waals surface area contributed by atoms with Gasteiger partial charge < -0.3 is 36.1 Å². The van der Waals surface area contributed by atoms with E-state index in [-0.39, 0.29) is 73.1 Å². The number of morpholine rings is 1. The average Bonchev–Trinajstić information content (AvgIpc) is 3.46. The molecule has 4 aliphatic heterocycles. The summed E-state index contributed by atoms with van der Waals surface area (Å²) in [6.07, 6.45) is 8.15.